The molecular weight excluding hydrogens is 230 g/mol. The Morgan fingerprint density at radius 3 is 2.83 bits per heavy atom. The lowest BCUT2D eigenvalue weighted by atomic mass is 9.91. The number of nitrogens with zero attached hydrogens (tertiary/aromatic N) is 2. The quantitative estimate of drug-likeness (QED) is 0.862. The van der Waals surface area contributed by atoms with E-state index in [1.54, 1.807) is 7.11 Å². The highest BCUT2D eigenvalue weighted by molar-refractivity contribution is 5.04. The highest BCUT2D eigenvalue weighted by Crippen LogP contribution is 2.22. The molecule has 0 amide bonds. The molecule has 1 heterocycles. The van der Waals surface area contributed by atoms with Gasteiger partial charge in [0.1, 0.15) is 6.61 Å². The molecule has 0 unspecified atom stereocenters. The molecule has 0 spiro atoms. The molecule has 2 N–H and O–H groups in total. The topological polar surface area (TPSA) is 64.5 Å². The summed E-state index contributed by atoms with van der Waals surface area (Å²) in [4.78, 5) is 2.35. The Kier molecular flexibility index (Phi) is 4.74. The van der Waals surface area contributed by atoms with Gasteiger partial charge in [0.2, 0.25) is 0 Å². The molecular formula is C13H23N3O2. The summed E-state index contributed by atoms with van der Waals surface area (Å²) in [5.41, 5.74) is 6.90. The second-order valence-electron chi connectivity index (χ2n) is 5.20. The van der Waals surface area contributed by atoms with E-state index in [-0.39, 0.29) is 0 Å². The Bertz CT molecular complexity index is 359. The van der Waals surface area contributed by atoms with E-state index >= 15 is 0 Å². The van der Waals surface area contributed by atoms with Gasteiger partial charge >= 0.3 is 0 Å². The maximum Gasteiger partial charge on any atom is 0.162 e. The van der Waals surface area contributed by atoms with Crippen molar-refractivity contribution in [1.82, 2.24) is 10.1 Å². The Morgan fingerprint density at radius 1 is 1.44 bits per heavy atom. The van der Waals surface area contributed by atoms with Gasteiger partial charge in [-0.05, 0) is 32.7 Å². The molecule has 102 valence electrons. The van der Waals surface area contributed by atoms with Crippen molar-refractivity contribution >= 4 is 0 Å². The number of hydrogen-bond acceptors (Lipinski definition) is 5. The largest absolute Gasteiger partial charge is 0.377 e. The minimum Gasteiger partial charge on any atom is -0.377 e. The number of nitrogens with two attached hydrogens (primary N) is 1. The molecule has 0 aliphatic heterocycles. The second kappa shape index (κ2) is 6.31. The van der Waals surface area contributed by atoms with Crippen molar-refractivity contribution in [3.63, 3.8) is 0 Å². The SMILES string of the molecule is COCc1cc(CN(C)C2CCC(N)CC2)no1. The Morgan fingerprint density at radius 2 is 2.17 bits per heavy atom. The van der Waals surface area contributed by atoms with E-state index in [9.17, 15) is 0 Å². The van der Waals surface area contributed by atoms with Crippen molar-refractivity contribution in [3.8, 4) is 0 Å². The first-order chi connectivity index (χ1) is 8.69. The van der Waals surface area contributed by atoms with Crippen LogP contribution in [0, 0.1) is 0 Å². The summed E-state index contributed by atoms with van der Waals surface area (Å²) < 4.78 is 10.2. The van der Waals surface area contributed by atoms with Gasteiger partial charge < -0.3 is 15.0 Å². The lowest BCUT2D eigenvalue weighted by Crippen LogP contribution is -2.38. The molecule has 5 heteroatoms. The Hall–Kier alpha value is -0.910. The molecule has 1 aromatic heterocycles. The molecule has 0 bridgehead atoms. The van der Waals surface area contributed by atoms with Crippen molar-refractivity contribution < 1.29 is 9.26 Å². The lowest BCUT2D eigenvalue weighted by Gasteiger charge is -2.32. The van der Waals surface area contributed by atoms with Crippen LogP contribution in [-0.4, -0.2) is 36.3 Å². The van der Waals surface area contributed by atoms with Gasteiger partial charge in [0.05, 0.1) is 5.69 Å². The number of hydrogen-bond donors (Lipinski definition) is 1. The van der Waals surface area contributed by atoms with E-state index in [1.165, 1.54) is 12.8 Å². The second-order valence-corrected chi connectivity index (χ2v) is 5.20. The average molecular weight is 253 g/mol. The first kappa shape index (κ1) is 13.5. The van der Waals surface area contributed by atoms with Gasteiger partial charge in [0.15, 0.2) is 5.76 Å². The fourth-order valence-electron chi connectivity index (χ4n) is 2.57. The fourth-order valence-corrected chi connectivity index (χ4v) is 2.57. The van der Waals surface area contributed by atoms with Gasteiger partial charge in [-0.2, -0.15) is 0 Å². The smallest absolute Gasteiger partial charge is 0.162 e. The van der Waals surface area contributed by atoms with Crippen molar-refractivity contribution in [3.05, 3.63) is 17.5 Å². The first-order valence-corrected chi connectivity index (χ1v) is 6.58. The van der Waals surface area contributed by atoms with E-state index in [0.717, 1.165) is 30.8 Å². The molecule has 0 saturated heterocycles. The van der Waals surface area contributed by atoms with Crippen LogP contribution >= 0.6 is 0 Å². The van der Waals surface area contributed by atoms with E-state index in [1.807, 2.05) is 6.07 Å². The van der Waals surface area contributed by atoms with E-state index in [0.29, 0.717) is 18.7 Å². The predicted octanol–water partition coefficient (Wildman–Crippen LogP) is 1.52. The highest BCUT2D eigenvalue weighted by Gasteiger charge is 2.22. The monoisotopic (exact) mass is 253 g/mol. The van der Waals surface area contributed by atoms with Crippen LogP contribution in [0.5, 0.6) is 0 Å². The van der Waals surface area contributed by atoms with Crippen LogP contribution in [0.1, 0.15) is 37.1 Å². The number of rotatable bonds is 5. The summed E-state index contributed by atoms with van der Waals surface area (Å²) in [5.74, 6) is 0.784. The van der Waals surface area contributed by atoms with Crippen LogP contribution in [-0.2, 0) is 17.9 Å². The van der Waals surface area contributed by atoms with Gasteiger partial charge in [-0.25, -0.2) is 0 Å². The van der Waals surface area contributed by atoms with E-state index < -0.39 is 0 Å². The summed E-state index contributed by atoms with van der Waals surface area (Å²) in [6.07, 6.45) is 4.62. The maximum atomic E-state index is 5.93. The minimum atomic E-state index is 0.398. The third-order valence-corrected chi connectivity index (χ3v) is 3.67. The molecule has 1 aromatic rings. The van der Waals surface area contributed by atoms with Crippen LogP contribution in [0.2, 0.25) is 0 Å². The Balaban J connectivity index is 1.84. The average Bonchev–Trinajstić information content (AvgIpc) is 2.78. The molecule has 5 nitrogen and oxygen atoms in total. The van der Waals surface area contributed by atoms with Crippen molar-refractivity contribution in [1.29, 1.82) is 0 Å². The maximum absolute atomic E-state index is 5.93. The van der Waals surface area contributed by atoms with Crippen LogP contribution in [0.4, 0.5) is 0 Å². The Labute approximate surface area is 108 Å². The molecule has 0 radical (unpaired) electrons. The summed E-state index contributed by atoms with van der Waals surface area (Å²) in [5, 5.41) is 4.06. The van der Waals surface area contributed by atoms with Gasteiger partial charge in [-0.15, -0.1) is 0 Å². The first-order valence-electron chi connectivity index (χ1n) is 6.58. The number of aromatic nitrogens is 1. The third kappa shape index (κ3) is 3.54. The van der Waals surface area contributed by atoms with E-state index in [4.69, 9.17) is 15.0 Å². The fraction of sp³-hybridized carbons (Fsp3) is 0.769. The van der Waals surface area contributed by atoms with Crippen LogP contribution in [0.3, 0.4) is 0 Å². The summed E-state index contributed by atoms with van der Waals surface area (Å²) in [7, 11) is 3.80. The van der Waals surface area contributed by atoms with E-state index in [2.05, 4.69) is 17.1 Å². The van der Waals surface area contributed by atoms with Crippen molar-refractivity contribution in [2.75, 3.05) is 14.2 Å². The molecule has 2 rings (SSSR count). The lowest BCUT2D eigenvalue weighted by molar-refractivity contribution is 0.154. The van der Waals surface area contributed by atoms with Gasteiger partial charge in [0, 0.05) is 31.8 Å². The molecule has 18 heavy (non-hydrogen) atoms. The molecule has 1 aliphatic rings. The summed E-state index contributed by atoms with van der Waals surface area (Å²) in [6, 6.07) is 2.98. The summed E-state index contributed by atoms with van der Waals surface area (Å²) in [6.45, 7) is 1.31. The molecule has 1 aliphatic carbocycles. The highest BCUT2D eigenvalue weighted by atomic mass is 16.5. The normalized spacial score (nSPS) is 24.7. The van der Waals surface area contributed by atoms with Gasteiger partial charge in [0.25, 0.3) is 0 Å². The third-order valence-electron chi connectivity index (χ3n) is 3.67. The van der Waals surface area contributed by atoms with Crippen molar-refractivity contribution in [2.45, 2.75) is 50.9 Å². The molecule has 0 aromatic carbocycles. The van der Waals surface area contributed by atoms with Crippen LogP contribution in [0.25, 0.3) is 0 Å². The predicted molar refractivity (Wildman–Crippen MR) is 68.9 cm³/mol. The minimum absolute atomic E-state index is 0.398. The molecule has 1 fully saturated rings. The summed E-state index contributed by atoms with van der Waals surface area (Å²) >= 11 is 0. The zero-order valence-electron chi connectivity index (χ0n) is 11.3. The number of ether oxygens (including phenoxy) is 1. The van der Waals surface area contributed by atoms with Crippen LogP contribution in [0.15, 0.2) is 10.6 Å². The molecule has 1 saturated carbocycles. The van der Waals surface area contributed by atoms with Gasteiger partial charge in [-0.3, -0.25) is 4.90 Å². The zero-order chi connectivity index (χ0) is 13.0. The number of methoxy groups -OCH3 is 1. The molecule has 0 atom stereocenters. The van der Waals surface area contributed by atoms with Gasteiger partial charge in [-0.1, -0.05) is 5.16 Å². The van der Waals surface area contributed by atoms with Crippen LogP contribution < -0.4 is 5.73 Å². The zero-order valence-corrected chi connectivity index (χ0v) is 11.3. The standard InChI is InChI=1S/C13H23N3O2/c1-16(12-5-3-10(14)4-6-12)8-11-7-13(9-17-2)18-15-11/h7,10,12H,3-6,8-9,14H2,1-2H3. The van der Waals surface area contributed by atoms with Crippen molar-refractivity contribution in [2.24, 2.45) is 5.73 Å².